The van der Waals surface area contributed by atoms with Crippen molar-refractivity contribution in [1.82, 2.24) is 5.16 Å². The van der Waals surface area contributed by atoms with E-state index in [9.17, 15) is 4.79 Å². The van der Waals surface area contributed by atoms with Crippen LogP contribution in [-0.2, 0) is 9.53 Å². The number of carbonyl (C=O) groups is 1. The molecule has 0 fully saturated rings. The molecule has 26 heavy (non-hydrogen) atoms. The van der Waals surface area contributed by atoms with Crippen molar-refractivity contribution >= 4 is 33.9 Å². The van der Waals surface area contributed by atoms with Crippen LogP contribution in [0.15, 0.2) is 74.3 Å². The molecule has 0 bridgehead atoms. The number of hydrogen-bond acceptors (Lipinski definition) is 5. The van der Waals surface area contributed by atoms with Crippen molar-refractivity contribution in [2.24, 2.45) is 4.99 Å². The number of cyclic esters (lactones) is 1. The monoisotopic (exact) mass is 408 g/mol. The zero-order valence-electron chi connectivity index (χ0n) is 13.8. The van der Waals surface area contributed by atoms with Crippen molar-refractivity contribution in [3.8, 4) is 11.3 Å². The molecule has 0 aliphatic carbocycles. The van der Waals surface area contributed by atoms with Crippen LogP contribution in [0, 0.1) is 6.92 Å². The average Bonchev–Trinajstić information content (AvgIpc) is 3.18. The molecule has 0 N–H and O–H groups in total. The average molecular weight is 409 g/mol. The predicted octanol–water partition coefficient (Wildman–Crippen LogP) is 4.76. The number of aryl methyl sites for hydroxylation is 1. The van der Waals surface area contributed by atoms with E-state index >= 15 is 0 Å². The number of aromatic nitrogens is 1. The molecule has 1 aliphatic heterocycles. The van der Waals surface area contributed by atoms with Crippen LogP contribution in [-0.4, -0.2) is 17.0 Å². The van der Waals surface area contributed by atoms with Gasteiger partial charge < -0.3 is 9.26 Å². The quantitative estimate of drug-likeness (QED) is 0.462. The summed E-state index contributed by atoms with van der Waals surface area (Å²) in [5, 5.41) is 4.10. The maximum Gasteiger partial charge on any atom is 0.363 e. The summed E-state index contributed by atoms with van der Waals surface area (Å²) in [7, 11) is 0. The SMILES string of the molecule is Cc1onc(-c2ccccc2)c1C1=N/C(=C/c2cccc(Br)c2)C(=O)O1. The fourth-order valence-electron chi connectivity index (χ4n) is 2.69. The Morgan fingerprint density at radius 3 is 2.65 bits per heavy atom. The fraction of sp³-hybridized carbons (Fsp3) is 0.0500. The molecule has 0 spiro atoms. The number of rotatable bonds is 3. The van der Waals surface area contributed by atoms with Gasteiger partial charge in [-0.1, -0.05) is 63.6 Å². The van der Waals surface area contributed by atoms with Gasteiger partial charge in [0.05, 0.1) is 0 Å². The third-order valence-electron chi connectivity index (χ3n) is 3.90. The molecule has 6 heteroatoms. The molecule has 0 saturated heterocycles. The Morgan fingerprint density at radius 2 is 1.88 bits per heavy atom. The Labute approximate surface area is 158 Å². The standard InChI is InChI=1S/C20H13BrN2O3/c1-12-17(18(23-26-12)14-7-3-2-4-8-14)19-22-16(20(24)25-19)11-13-6-5-9-15(21)10-13/h2-11H,1H3/b16-11+. The summed E-state index contributed by atoms with van der Waals surface area (Å²) >= 11 is 3.41. The molecule has 3 aromatic rings. The van der Waals surface area contributed by atoms with E-state index in [0.29, 0.717) is 17.0 Å². The summed E-state index contributed by atoms with van der Waals surface area (Å²) in [6.45, 7) is 1.77. The highest BCUT2D eigenvalue weighted by Crippen LogP contribution is 2.29. The summed E-state index contributed by atoms with van der Waals surface area (Å²) in [6, 6.07) is 17.1. The Bertz CT molecular complexity index is 1050. The maximum atomic E-state index is 12.3. The molecule has 0 radical (unpaired) electrons. The Morgan fingerprint density at radius 1 is 1.08 bits per heavy atom. The number of hydrogen-bond donors (Lipinski definition) is 0. The first kappa shape index (κ1) is 16.5. The highest BCUT2D eigenvalue weighted by Gasteiger charge is 2.30. The van der Waals surface area contributed by atoms with E-state index in [1.165, 1.54) is 0 Å². The first-order valence-electron chi connectivity index (χ1n) is 7.92. The minimum atomic E-state index is -0.500. The Hall–Kier alpha value is -2.99. The summed E-state index contributed by atoms with van der Waals surface area (Å²) in [5.74, 6) is 0.243. The van der Waals surface area contributed by atoms with Gasteiger partial charge in [-0.3, -0.25) is 0 Å². The van der Waals surface area contributed by atoms with Crippen LogP contribution >= 0.6 is 15.9 Å². The number of ether oxygens (including phenoxy) is 1. The topological polar surface area (TPSA) is 64.7 Å². The molecule has 4 rings (SSSR count). The van der Waals surface area contributed by atoms with Crippen LogP contribution in [0.4, 0.5) is 0 Å². The molecule has 5 nitrogen and oxygen atoms in total. The van der Waals surface area contributed by atoms with E-state index in [-0.39, 0.29) is 11.6 Å². The van der Waals surface area contributed by atoms with Crippen molar-refractivity contribution < 1.29 is 14.1 Å². The number of benzene rings is 2. The van der Waals surface area contributed by atoms with E-state index in [1.807, 2.05) is 54.6 Å². The van der Waals surface area contributed by atoms with Gasteiger partial charge in [-0.25, -0.2) is 9.79 Å². The smallest absolute Gasteiger partial charge is 0.363 e. The van der Waals surface area contributed by atoms with Crippen LogP contribution in [0.25, 0.3) is 17.3 Å². The van der Waals surface area contributed by atoms with Gasteiger partial charge >= 0.3 is 5.97 Å². The molecule has 2 aromatic carbocycles. The van der Waals surface area contributed by atoms with Gasteiger partial charge in [-0.05, 0) is 30.7 Å². The number of esters is 1. The lowest BCUT2D eigenvalue weighted by molar-refractivity contribution is -0.129. The molecule has 0 unspecified atom stereocenters. The first-order chi connectivity index (χ1) is 12.6. The van der Waals surface area contributed by atoms with E-state index in [0.717, 1.165) is 15.6 Å². The van der Waals surface area contributed by atoms with Crippen molar-refractivity contribution in [3.63, 3.8) is 0 Å². The first-order valence-corrected chi connectivity index (χ1v) is 8.71. The van der Waals surface area contributed by atoms with Crippen LogP contribution < -0.4 is 0 Å². The van der Waals surface area contributed by atoms with E-state index in [2.05, 4.69) is 26.1 Å². The summed E-state index contributed by atoms with van der Waals surface area (Å²) in [6.07, 6.45) is 1.69. The summed E-state index contributed by atoms with van der Waals surface area (Å²) in [5.41, 5.74) is 3.13. The molecule has 1 aromatic heterocycles. The van der Waals surface area contributed by atoms with Gasteiger partial charge in [0.25, 0.3) is 0 Å². The zero-order chi connectivity index (χ0) is 18.1. The van der Waals surface area contributed by atoms with Crippen molar-refractivity contribution in [2.45, 2.75) is 6.92 Å². The minimum Gasteiger partial charge on any atom is -0.402 e. The highest BCUT2D eigenvalue weighted by atomic mass is 79.9. The maximum absolute atomic E-state index is 12.3. The largest absolute Gasteiger partial charge is 0.402 e. The van der Waals surface area contributed by atoms with Gasteiger partial charge in [0.1, 0.15) is 17.0 Å². The third kappa shape index (κ3) is 3.11. The van der Waals surface area contributed by atoms with Crippen molar-refractivity contribution in [1.29, 1.82) is 0 Å². The van der Waals surface area contributed by atoms with Gasteiger partial charge in [0.15, 0.2) is 5.70 Å². The lowest BCUT2D eigenvalue weighted by Gasteiger charge is -2.01. The molecule has 2 heterocycles. The van der Waals surface area contributed by atoms with E-state index in [1.54, 1.807) is 13.0 Å². The molecule has 128 valence electrons. The summed E-state index contributed by atoms with van der Waals surface area (Å²) < 4.78 is 11.6. The van der Waals surface area contributed by atoms with E-state index < -0.39 is 5.97 Å². The van der Waals surface area contributed by atoms with Crippen molar-refractivity contribution in [2.75, 3.05) is 0 Å². The van der Waals surface area contributed by atoms with Gasteiger partial charge in [0, 0.05) is 10.0 Å². The van der Waals surface area contributed by atoms with Gasteiger partial charge in [-0.15, -0.1) is 0 Å². The second-order valence-electron chi connectivity index (χ2n) is 5.72. The molecular weight excluding hydrogens is 396 g/mol. The number of aliphatic imine (C=N–C) groups is 1. The van der Waals surface area contributed by atoms with Crippen LogP contribution in [0.1, 0.15) is 16.9 Å². The van der Waals surface area contributed by atoms with Crippen LogP contribution in [0.3, 0.4) is 0 Å². The normalized spacial score (nSPS) is 15.2. The Kier molecular flexibility index (Phi) is 4.26. The van der Waals surface area contributed by atoms with Crippen LogP contribution in [0.2, 0.25) is 0 Å². The molecule has 0 amide bonds. The predicted molar refractivity (Wildman–Crippen MR) is 101 cm³/mol. The van der Waals surface area contributed by atoms with Gasteiger partial charge in [0.2, 0.25) is 5.90 Å². The number of carbonyl (C=O) groups excluding carboxylic acids is 1. The number of halogens is 1. The lowest BCUT2D eigenvalue weighted by Crippen LogP contribution is -2.07. The highest BCUT2D eigenvalue weighted by molar-refractivity contribution is 9.10. The molecular formula is C20H13BrN2O3. The third-order valence-corrected chi connectivity index (χ3v) is 4.39. The number of nitrogens with zero attached hydrogens (tertiary/aromatic N) is 2. The fourth-order valence-corrected chi connectivity index (χ4v) is 3.10. The second-order valence-corrected chi connectivity index (χ2v) is 6.64. The molecule has 1 aliphatic rings. The summed E-state index contributed by atoms with van der Waals surface area (Å²) in [4.78, 5) is 16.6. The molecule has 0 atom stereocenters. The molecule has 0 saturated carbocycles. The van der Waals surface area contributed by atoms with Gasteiger partial charge in [-0.2, -0.15) is 0 Å². The lowest BCUT2D eigenvalue weighted by atomic mass is 10.1. The minimum absolute atomic E-state index is 0.203. The Balaban J connectivity index is 1.76. The zero-order valence-corrected chi connectivity index (χ0v) is 15.4. The second kappa shape index (κ2) is 6.72. The van der Waals surface area contributed by atoms with Crippen molar-refractivity contribution in [3.05, 3.63) is 81.7 Å². The van der Waals surface area contributed by atoms with Crippen LogP contribution in [0.5, 0.6) is 0 Å². The van der Waals surface area contributed by atoms with E-state index in [4.69, 9.17) is 9.26 Å².